The van der Waals surface area contributed by atoms with Crippen LogP contribution >= 0.6 is 0 Å². The van der Waals surface area contributed by atoms with Crippen LogP contribution in [-0.2, 0) is 14.3 Å². The number of ether oxygens (including phenoxy) is 1. The quantitative estimate of drug-likeness (QED) is 0.645. The highest BCUT2D eigenvalue weighted by molar-refractivity contribution is 5.98. The molecule has 23 heavy (non-hydrogen) atoms. The van der Waals surface area contributed by atoms with Gasteiger partial charge >= 0.3 is 5.97 Å². The fourth-order valence-electron chi connectivity index (χ4n) is 2.81. The van der Waals surface area contributed by atoms with E-state index in [4.69, 9.17) is 4.74 Å². The van der Waals surface area contributed by atoms with E-state index in [1.165, 1.54) is 19.8 Å². The van der Waals surface area contributed by atoms with Crippen molar-refractivity contribution in [3.63, 3.8) is 0 Å². The first kappa shape index (κ1) is 17.2. The number of anilines is 1. The Bertz CT molecular complexity index is 590. The van der Waals surface area contributed by atoms with E-state index in [0.717, 1.165) is 12.8 Å². The molecule has 1 atom stereocenters. The number of ketones is 1. The third kappa shape index (κ3) is 5.20. The predicted octanol–water partition coefficient (Wildman–Crippen LogP) is 3.34. The molecule has 1 aromatic rings. The molecular weight excluding hydrogens is 294 g/mol. The summed E-state index contributed by atoms with van der Waals surface area (Å²) in [5, 5.41) is 2.67. The third-order valence-corrected chi connectivity index (χ3v) is 4.14. The van der Waals surface area contributed by atoms with Crippen molar-refractivity contribution in [2.45, 2.75) is 52.1 Å². The van der Waals surface area contributed by atoms with Crippen LogP contribution in [0.1, 0.15) is 56.3 Å². The molecule has 1 N–H and O–H groups in total. The Hall–Kier alpha value is -2.17. The number of rotatable bonds is 6. The van der Waals surface area contributed by atoms with Crippen molar-refractivity contribution in [1.82, 2.24) is 0 Å². The number of nitrogens with one attached hydrogen (secondary N) is 1. The Kier molecular flexibility index (Phi) is 5.90. The number of hydrogen-bond donors (Lipinski definition) is 1. The molecule has 0 unspecified atom stereocenters. The number of carbonyl (C=O) groups excluding carboxylic acids is 3. The van der Waals surface area contributed by atoms with Gasteiger partial charge in [0.15, 0.2) is 11.9 Å². The molecule has 1 aliphatic carbocycles. The molecule has 1 fully saturated rings. The van der Waals surface area contributed by atoms with Gasteiger partial charge in [0.05, 0.1) is 0 Å². The largest absolute Gasteiger partial charge is 0.453 e. The number of esters is 1. The van der Waals surface area contributed by atoms with Crippen LogP contribution in [0.5, 0.6) is 0 Å². The number of amides is 1. The average molecular weight is 317 g/mol. The summed E-state index contributed by atoms with van der Waals surface area (Å²) < 4.78 is 5.21. The van der Waals surface area contributed by atoms with E-state index in [0.29, 0.717) is 23.6 Å². The van der Waals surface area contributed by atoms with Crippen molar-refractivity contribution >= 4 is 23.3 Å². The lowest BCUT2D eigenvalue weighted by molar-refractivity contribution is -0.154. The van der Waals surface area contributed by atoms with Crippen molar-refractivity contribution in [3.8, 4) is 0 Å². The van der Waals surface area contributed by atoms with Gasteiger partial charge in [0, 0.05) is 17.7 Å². The minimum Gasteiger partial charge on any atom is -0.453 e. The fraction of sp³-hybridized carbons (Fsp3) is 0.500. The highest BCUT2D eigenvalue weighted by Crippen LogP contribution is 2.27. The Labute approximate surface area is 136 Å². The van der Waals surface area contributed by atoms with Gasteiger partial charge in [-0.25, -0.2) is 0 Å². The first-order valence-electron chi connectivity index (χ1n) is 8.07. The molecule has 0 aliphatic heterocycles. The monoisotopic (exact) mass is 317 g/mol. The Morgan fingerprint density at radius 3 is 2.61 bits per heavy atom. The van der Waals surface area contributed by atoms with Crippen LogP contribution in [0.25, 0.3) is 0 Å². The highest BCUT2D eigenvalue weighted by Gasteiger charge is 2.23. The summed E-state index contributed by atoms with van der Waals surface area (Å²) in [5.74, 6) is -0.398. The van der Waals surface area contributed by atoms with Crippen molar-refractivity contribution < 1.29 is 19.1 Å². The molecular formula is C18H23NO4. The lowest BCUT2D eigenvalue weighted by Crippen LogP contribution is -2.30. The van der Waals surface area contributed by atoms with Gasteiger partial charge in [0.25, 0.3) is 5.91 Å². The topological polar surface area (TPSA) is 72.5 Å². The molecule has 1 aromatic carbocycles. The molecule has 0 heterocycles. The van der Waals surface area contributed by atoms with Gasteiger partial charge in [-0.05, 0) is 44.7 Å². The van der Waals surface area contributed by atoms with Gasteiger partial charge < -0.3 is 10.1 Å². The third-order valence-electron chi connectivity index (χ3n) is 4.14. The first-order valence-corrected chi connectivity index (χ1v) is 8.07. The van der Waals surface area contributed by atoms with E-state index in [1.54, 1.807) is 31.2 Å². The molecule has 0 aromatic heterocycles. The maximum absolute atomic E-state index is 12.1. The predicted molar refractivity (Wildman–Crippen MR) is 87.2 cm³/mol. The molecule has 1 saturated carbocycles. The molecule has 1 aliphatic rings. The van der Waals surface area contributed by atoms with E-state index in [-0.39, 0.29) is 11.8 Å². The summed E-state index contributed by atoms with van der Waals surface area (Å²) in [4.78, 5) is 35.3. The maximum atomic E-state index is 12.1. The summed E-state index contributed by atoms with van der Waals surface area (Å²) in [5.41, 5.74) is 1.04. The first-order chi connectivity index (χ1) is 11.0. The van der Waals surface area contributed by atoms with Crippen molar-refractivity contribution in [1.29, 1.82) is 0 Å². The standard InChI is InChI=1S/C18H23NO4/c1-12(20)15-8-5-9-16(11-15)19-18(22)13(2)23-17(21)10-14-6-3-4-7-14/h5,8-9,11,13-14H,3-4,6-7,10H2,1-2H3,(H,19,22)/t13-/m0/s1. The summed E-state index contributed by atoms with van der Waals surface area (Å²) in [6.07, 6.45) is 3.99. The minimum atomic E-state index is -0.857. The van der Waals surface area contributed by atoms with Crippen LogP contribution in [0.3, 0.4) is 0 Å². The van der Waals surface area contributed by atoms with Crippen molar-refractivity contribution in [3.05, 3.63) is 29.8 Å². The number of Topliss-reactive ketones (excluding diaryl/α,β-unsaturated/α-hetero) is 1. The van der Waals surface area contributed by atoms with E-state index >= 15 is 0 Å². The van der Waals surface area contributed by atoms with Crippen LogP contribution in [0, 0.1) is 5.92 Å². The molecule has 5 nitrogen and oxygen atoms in total. The molecule has 1 amide bonds. The zero-order valence-corrected chi connectivity index (χ0v) is 13.6. The van der Waals surface area contributed by atoms with Gasteiger partial charge in [-0.2, -0.15) is 0 Å². The van der Waals surface area contributed by atoms with Crippen LogP contribution in [0.2, 0.25) is 0 Å². The zero-order chi connectivity index (χ0) is 16.8. The average Bonchev–Trinajstić information content (AvgIpc) is 3.00. The van der Waals surface area contributed by atoms with Gasteiger partial charge in [-0.15, -0.1) is 0 Å². The summed E-state index contributed by atoms with van der Waals surface area (Å²) in [6, 6.07) is 6.68. The molecule has 2 rings (SSSR count). The maximum Gasteiger partial charge on any atom is 0.306 e. The van der Waals surface area contributed by atoms with Crippen LogP contribution in [0.15, 0.2) is 24.3 Å². The molecule has 5 heteroatoms. The lowest BCUT2D eigenvalue weighted by atomic mass is 10.0. The SMILES string of the molecule is CC(=O)c1cccc(NC(=O)[C@H](C)OC(=O)CC2CCCC2)c1. The second-order valence-electron chi connectivity index (χ2n) is 6.11. The second-order valence-corrected chi connectivity index (χ2v) is 6.11. The fourth-order valence-corrected chi connectivity index (χ4v) is 2.81. The molecule has 124 valence electrons. The summed E-state index contributed by atoms with van der Waals surface area (Å²) in [6.45, 7) is 3.02. The Morgan fingerprint density at radius 2 is 1.96 bits per heavy atom. The second kappa shape index (κ2) is 7.90. The normalized spacial score (nSPS) is 15.9. The van der Waals surface area contributed by atoms with E-state index in [2.05, 4.69) is 5.32 Å². The van der Waals surface area contributed by atoms with Crippen LogP contribution < -0.4 is 5.32 Å². The number of hydrogen-bond acceptors (Lipinski definition) is 4. The van der Waals surface area contributed by atoms with Gasteiger partial charge in [0.1, 0.15) is 0 Å². The lowest BCUT2D eigenvalue weighted by Gasteiger charge is -2.15. The molecule has 0 bridgehead atoms. The molecule has 0 saturated heterocycles. The smallest absolute Gasteiger partial charge is 0.306 e. The van der Waals surface area contributed by atoms with E-state index in [1.807, 2.05) is 0 Å². The van der Waals surface area contributed by atoms with Crippen LogP contribution in [-0.4, -0.2) is 23.8 Å². The van der Waals surface area contributed by atoms with Crippen molar-refractivity contribution in [2.75, 3.05) is 5.32 Å². The van der Waals surface area contributed by atoms with E-state index < -0.39 is 12.0 Å². The van der Waals surface area contributed by atoms with Gasteiger partial charge in [-0.3, -0.25) is 14.4 Å². The number of carbonyl (C=O) groups is 3. The summed E-state index contributed by atoms with van der Waals surface area (Å²) in [7, 11) is 0. The zero-order valence-electron chi connectivity index (χ0n) is 13.6. The highest BCUT2D eigenvalue weighted by atomic mass is 16.5. The Morgan fingerprint density at radius 1 is 1.26 bits per heavy atom. The number of benzene rings is 1. The van der Waals surface area contributed by atoms with Crippen molar-refractivity contribution in [2.24, 2.45) is 5.92 Å². The Balaban J connectivity index is 1.85. The summed E-state index contributed by atoms with van der Waals surface area (Å²) >= 11 is 0. The molecule has 0 spiro atoms. The van der Waals surface area contributed by atoms with E-state index in [9.17, 15) is 14.4 Å². The van der Waals surface area contributed by atoms with Gasteiger partial charge in [-0.1, -0.05) is 25.0 Å². The van der Waals surface area contributed by atoms with Gasteiger partial charge in [0.2, 0.25) is 0 Å². The molecule has 0 radical (unpaired) electrons. The van der Waals surface area contributed by atoms with Crippen LogP contribution in [0.4, 0.5) is 5.69 Å². The minimum absolute atomic E-state index is 0.0721.